The van der Waals surface area contributed by atoms with Crippen LogP contribution in [0.25, 0.3) is 0 Å². The van der Waals surface area contributed by atoms with Crippen LogP contribution in [0, 0.1) is 0 Å². The van der Waals surface area contributed by atoms with Crippen molar-refractivity contribution in [2.24, 2.45) is 0 Å². The van der Waals surface area contributed by atoms with E-state index in [2.05, 4.69) is 0 Å². The Kier molecular flexibility index (Phi) is 26.2. The quantitative estimate of drug-likeness (QED) is 0.557. The fraction of sp³-hybridized carbons (Fsp3) is 0.667. The molecule has 0 aliphatic carbocycles. The monoisotopic (exact) mass is 322 g/mol. The van der Waals surface area contributed by atoms with Crippen LogP contribution in [-0.2, 0) is 25.5 Å². The molecule has 0 heterocycles. The van der Waals surface area contributed by atoms with E-state index < -0.39 is 0 Å². The van der Waals surface area contributed by atoms with E-state index in [4.69, 9.17) is 19.1 Å². The third-order valence-corrected chi connectivity index (χ3v) is 0.422. The van der Waals surface area contributed by atoms with Gasteiger partial charge in [0.2, 0.25) is 12.8 Å². The summed E-state index contributed by atoms with van der Waals surface area (Å²) in [6.07, 6.45) is 1.50. The SMILES string of the molecule is CN(C)C=O.CN(C)C=O.[Cl][Pd][Cl]. The van der Waals surface area contributed by atoms with Crippen LogP contribution in [0.5, 0.6) is 0 Å². The first-order valence-corrected chi connectivity index (χ1v) is 7.02. The number of nitrogens with zero attached hydrogens (tertiary/aromatic N) is 2. The Morgan fingerprint density at radius 3 is 1.00 bits per heavy atom. The van der Waals surface area contributed by atoms with Crippen LogP contribution in [0.2, 0.25) is 0 Å². The van der Waals surface area contributed by atoms with Crippen LogP contribution in [0.15, 0.2) is 0 Å². The number of rotatable bonds is 2. The van der Waals surface area contributed by atoms with Gasteiger partial charge in [0.25, 0.3) is 0 Å². The van der Waals surface area contributed by atoms with E-state index >= 15 is 0 Å². The van der Waals surface area contributed by atoms with Crippen molar-refractivity contribution in [3.05, 3.63) is 0 Å². The van der Waals surface area contributed by atoms with Crippen molar-refractivity contribution < 1.29 is 25.5 Å². The predicted octanol–water partition coefficient (Wildman–Crippen LogP) is 0.785. The van der Waals surface area contributed by atoms with E-state index in [1.165, 1.54) is 9.80 Å². The van der Waals surface area contributed by atoms with Gasteiger partial charge in [0.1, 0.15) is 0 Å². The maximum atomic E-state index is 9.43. The second kappa shape index (κ2) is 18.1. The van der Waals surface area contributed by atoms with E-state index in [0.717, 1.165) is 12.8 Å². The van der Waals surface area contributed by atoms with E-state index in [9.17, 15) is 9.59 Å². The molecule has 0 aliphatic rings. The molecule has 84 valence electrons. The van der Waals surface area contributed by atoms with E-state index in [0.29, 0.717) is 0 Å². The number of carbonyl (C=O) groups excluding carboxylic acids is 2. The molecule has 2 amide bonds. The average Bonchev–Trinajstić information content (AvgIpc) is 2.07. The van der Waals surface area contributed by atoms with Gasteiger partial charge in [0, 0.05) is 28.2 Å². The van der Waals surface area contributed by atoms with Crippen molar-refractivity contribution in [3.63, 3.8) is 0 Å². The molecule has 0 saturated carbocycles. The van der Waals surface area contributed by atoms with Crippen molar-refractivity contribution in [1.82, 2.24) is 9.80 Å². The zero-order valence-electron chi connectivity index (χ0n) is 7.94. The summed E-state index contributed by atoms with van der Waals surface area (Å²) in [6, 6.07) is 0. The molecule has 0 aliphatic heterocycles. The molecule has 0 rings (SSSR count). The molecule has 7 heteroatoms. The van der Waals surface area contributed by atoms with Crippen LogP contribution < -0.4 is 0 Å². The van der Waals surface area contributed by atoms with Crippen molar-refractivity contribution in [2.45, 2.75) is 0 Å². The molecule has 0 bridgehead atoms. The van der Waals surface area contributed by atoms with Crippen LogP contribution in [0.1, 0.15) is 0 Å². The van der Waals surface area contributed by atoms with Gasteiger partial charge >= 0.3 is 35.0 Å². The Balaban J connectivity index is -0.000000120. The first-order chi connectivity index (χ1) is 5.95. The third kappa shape index (κ3) is 72.2. The number of amides is 2. The van der Waals surface area contributed by atoms with Gasteiger partial charge < -0.3 is 9.80 Å². The molecule has 0 aromatic heterocycles. The Morgan fingerprint density at radius 2 is 1.00 bits per heavy atom. The number of carbonyl (C=O) groups is 2. The van der Waals surface area contributed by atoms with Gasteiger partial charge in [0.05, 0.1) is 0 Å². The summed E-state index contributed by atoms with van der Waals surface area (Å²) in [5.74, 6) is 0. The van der Waals surface area contributed by atoms with Gasteiger partial charge in [-0.3, -0.25) is 9.59 Å². The zero-order valence-corrected chi connectivity index (χ0v) is 11.0. The summed E-state index contributed by atoms with van der Waals surface area (Å²) in [4.78, 5) is 21.8. The minimum atomic E-state index is -0.106. The van der Waals surface area contributed by atoms with Crippen LogP contribution in [-0.4, -0.2) is 50.8 Å². The molecule has 0 fully saturated rings. The second-order valence-corrected chi connectivity index (χ2v) is 4.54. The average molecular weight is 324 g/mol. The summed E-state index contributed by atoms with van der Waals surface area (Å²) in [6.45, 7) is 0. The van der Waals surface area contributed by atoms with Crippen LogP contribution >= 0.6 is 19.1 Å². The van der Waals surface area contributed by atoms with Crippen LogP contribution in [0.4, 0.5) is 0 Å². The molecule has 13 heavy (non-hydrogen) atoms. The Bertz CT molecular complexity index is 103. The summed E-state index contributed by atoms with van der Waals surface area (Å²) in [5.41, 5.74) is 0. The number of halogens is 2. The Labute approximate surface area is 95.3 Å². The van der Waals surface area contributed by atoms with Gasteiger partial charge in [-0.15, -0.1) is 0 Å². The number of hydrogen-bond acceptors (Lipinski definition) is 2. The standard InChI is InChI=1S/2C3H7NO.2ClH.Pd/c2*1-4(2)3-5;;;/h2*3H,1-2H3;2*1H;/q;;;;+2/p-2. The molecule has 4 nitrogen and oxygen atoms in total. The van der Waals surface area contributed by atoms with Crippen molar-refractivity contribution >= 4 is 31.9 Å². The van der Waals surface area contributed by atoms with Gasteiger partial charge in [-0.1, -0.05) is 0 Å². The second-order valence-electron chi connectivity index (χ2n) is 2.18. The molecule has 0 aromatic carbocycles. The first-order valence-electron chi connectivity index (χ1n) is 3.02. The molecule has 0 atom stereocenters. The van der Waals surface area contributed by atoms with E-state index in [1.807, 2.05) is 0 Å². The maximum absolute atomic E-state index is 9.43. The molecule has 0 spiro atoms. The predicted molar refractivity (Wildman–Crippen MR) is 51.2 cm³/mol. The molecule has 0 aromatic rings. The topological polar surface area (TPSA) is 40.6 Å². The van der Waals surface area contributed by atoms with Gasteiger partial charge in [-0.2, -0.15) is 0 Å². The summed E-state index contributed by atoms with van der Waals surface area (Å²) >= 11 is -0.106. The Hall–Kier alpha value is 0.182. The zero-order chi connectivity index (χ0) is 11.3. The molecule has 0 saturated heterocycles. The molecule has 0 unspecified atom stereocenters. The summed E-state index contributed by atoms with van der Waals surface area (Å²) in [5, 5.41) is 0. The van der Waals surface area contributed by atoms with E-state index in [-0.39, 0.29) is 15.9 Å². The molecular weight excluding hydrogens is 309 g/mol. The Morgan fingerprint density at radius 1 is 0.923 bits per heavy atom. The minimum absolute atomic E-state index is 0.106. The molecular formula is C6H14Cl2N2O2Pd. The van der Waals surface area contributed by atoms with Gasteiger partial charge in [-0.05, 0) is 0 Å². The fourth-order valence-corrected chi connectivity index (χ4v) is 0. The van der Waals surface area contributed by atoms with E-state index in [1.54, 1.807) is 28.2 Å². The number of hydrogen-bond donors (Lipinski definition) is 0. The normalized spacial score (nSPS) is 6.92. The van der Waals surface area contributed by atoms with Crippen molar-refractivity contribution in [2.75, 3.05) is 28.2 Å². The fourth-order valence-electron chi connectivity index (χ4n) is 0. The van der Waals surface area contributed by atoms with Crippen molar-refractivity contribution in [3.8, 4) is 0 Å². The van der Waals surface area contributed by atoms with Crippen molar-refractivity contribution in [1.29, 1.82) is 0 Å². The third-order valence-electron chi connectivity index (χ3n) is 0.422. The van der Waals surface area contributed by atoms with Gasteiger partial charge in [-0.25, -0.2) is 0 Å². The summed E-state index contributed by atoms with van der Waals surface area (Å²) < 4.78 is 0. The molecule has 0 N–H and O–H groups in total. The summed E-state index contributed by atoms with van der Waals surface area (Å²) in [7, 11) is 16.4. The van der Waals surface area contributed by atoms with Crippen LogP contribution in [0.3, 0.4) is 0 Å². The molecule has 0 radical (unpaired) electrons. The first kappa shape index (κ1) is 18.9. The van der Waals surface area contributed by atoms with Gasteiger partial charge in [0.15, 0.2) is 0 Å².